The van der Waals surface area contributed by atoms with Crippen LogP contribution in [0.15, 0.2) is 30.9 Å². The second kappa shape index (κ2) is 8.49. The molecule has 0 N–H and O–H groups in total. The molecule has 0 spiro atoms. The van der Waals surface area contributed by atoms with E-state index in [1.807, 2.05) is 17.2 Å². The normalized spacial score (nSPS) is 20.7. The summed E-state index contributed by atoms with van der Waals surface area (Å²) in [6.45, 7) is 3.15. The van der Waals surface area contributed by atoms with Gasteiger partial charge in [-0.3, -0.25) is 9.78 Å². The van der Waals surface area contributed by atoms with Crippen molar-refractivity contribution in [3.8, 4) is 5.69 Å². The maximum Gasteiger partial charge on any atom is 0.226 e. The zero-order valence-corrected chi connectivity index (χ0v) is 16.9. The monoisotopic (exact) mass is 403 g/mol. The quantitative estimate of drug-likeness (QED) is 0.768. The number of carbonyl (C=O) groups is 1. The van der Waals surface area contributed by atoms with Crippen molar-refractivity contribution in [2.45, 2.75) is 31.7 Å². The van der Waals surface area contributed by atoms with Gasteiger partial charge in [-0.05, 0) is 31.7 Å². The highest BCUT2D eigenvalue weighted by Gasteiger charge is 2.35. The summed E-state index contributed by atoms with van der Waals surface area (Å²) in [5, 5.41) is 4.92. The summed E-state index contributed by atoms with van der Waals surface area (Å²) < 4.78 is 7.07. The molecule has 2 aromatic heterocycles. The zero-order chi connectivity index (χ0) is 19.5. The predicted octanol–water partition coefficient (Wildman–Crippen LogP) is 2.77. The van der Waals surface area contributed by atoms with Crippen molar-refractivity contribution in [3.05, 3.63) is 35.9 Å². The van der Waals surface area contributed by atoms with Gasteiger partial charge in [-0.2, -0.15) is 5.10 Å². The van der Waals surface area contributed by atoms with Crippen molar-refractivity contribution >= 4 is 23.2 Å². The summed E-state index contributed by atoms with van der Waals surface area (Å²) >= 11 is 6.04. The molecule has 1 atom stereocenters. The Morgan fingerprint density at radius 2 is 2.04 bits per heavy atom. The summed E-state index contributed by atoms with van der Waals surface area (Å²) in [5.74, 6) is 0.387. The lowest BCUT2D eigenvalue weighted by atomic mass is 9.94. The fraction of sp³-hybridized carbons (Fsp3) is 0.550. The molecule has 150 valence electrons. The van der Waals surface area contributed by atoms with Crippen LogP contribution in [0.2, 0.25) is 5.02 Å². The number of rotatable bonds is 5. The highest BCUT2D eigenvalue weighted by molar-refractivity contribution is 6.30. The van der Waals surface area contributed by atoms with Crippen LogP contribution in [0, 0.1) is 5.92 Å². The highest BCUT2D eigenvalue weighted by atomic mass is 35.5. The standard InChI is InChI=1S/C20H26ClN5O2/c1-28-14-17-3-2-8-25(17)20(27)15-5-9-24(10-6-15)19-12-22-7-4-18(19)26-13-16(21)11-23-26/h4,7,11-13,15,17H,2-3,5-6,8-10,14H2,1H3/t17-/m1/s1. The smallest absolute Gasteiger partial charge is 0.226 e. The number of hydrogen-bond donors (Lipinski definition) is 0. The lowest BCUT2D eigenvalue weighted by Gasteiger charge is -2.36. The molecule has 0 saturated carbocycles. The minimum absolute atomic E-state index is 0.0907. The van der Waals surface area contributed by atoms with E-state index in [2.05, 4.69) is 15.0 Å². The SMILES string of the molecule is COC[C@H]1CCCN1C(=O)C1CCN(c2cnccc2-n2cc(Cl)cn2)CC1. The first-order valence-corrected chi connectivity index (χ1v) is 10.2. The molecule has 0 aliphatic carbocycles. The fourth-order valence-electron chi connectivity index (χ4n) is 4.34. The van der Waals surface area contributed by atoms with Gasteiger partial charge in [0.05, 0.1) is 41.4 Å². The molecule has 2 fully saturated rings. The number of aromatic nitrogens is 3. The molecular formula is C20H26ClN5O2. The minimum Gasteiger partial charge on any atom is -0.383 e. The molecule has 0 bridgehead atoms. The second-order valence-electron chi connectivity index (χ2n) is 7.51. The summed E-state index contributed by atoms with van der Waals surface area (Å²) in [6, 6.07) is 2.18. The molecule has 28 heavy (non-hydrogen) atoms. The molecule has 0 unspecified atom stereocenters. The van der Waals surface area contributed by atoms with E-state index in [0.717, 1.165) is 56.7 Å². The molecule has 2 aromatic rings. The maximum absolute atomic E-state index is 13.0. The third kappa shape index (κ3) is 3.86. The van der Waals surface area contributed by atoms with Crippen molar-refractivity contribution < 1.29 is 9.53 Å². The lowest BCUT2D eigenvalue weighted by molar-refractivity contribution is -0.137. The molecule has 0 radical (unpaired) electrons. The van der Waals surface area contributed by atoms with Crippen LogP contribution >= 0.6 is 11.6 Å². The summed E-state index contributed by atoms with van der Waals surface area (Å²) in [4.78, 5) is 21.7. The number of piperidine rings is 1. The number of ether oxygens (including phenoxy) is 1. The third-order valence-electron chi connectivity index (χ3n) is 5.78. The van der Waals surface area contributed by atoms with E-state index in [-0.39, 0.29) is 12.0 Å². The number of methoxy groups -OCH3 is 1. The lowest BCUT2D eigenvalue weighted by Crippen LogP contribution is -2.45. The van der Waals surface area contributed by atoms with E-state index >= 15 is 0 Å². The van der Waals surface area contributed by atoms with Gasteiger partial charge >= 0.3 is 0 Å². The Balaban J connectivity index is 1.43. The number of amides is 1. The number of likely N-dealkylation sites (tertiary alicyclic amines) is 1. The summed E-state index contributed by atoms with van der Waals surface area (Å²) in [5.41, 5.74) is 1.97. The Hall–Kier alpha value is -2.12. The minimum atomic E-state index is 0.0907. The molecule has 0 aromatic carbocycles. The first kappa shape index (κ1) is 19.2. The third-order valence-corrected chi connectivity index (χ3v) is 5.97. The van der Waals surface area contributed by atoms with Crippen LogP contribution in [0.3, 0.4) is 0 Å². The van der Waals surface area contributed by atoms with Crippen molar-refractivity contribution in [1.29, 1.82) is 0 Å². The molecule has 2 saturated heterocycles. The fourth-order valence-corrected chi connectivity index (χ4v) is 4.48. The van der Waals surface area contributed by atoms with Crippen LogP contribution in [0.4, 0.5) is 5.69 Å². The molecular weight excluding hydrogens is 378 g/mol. The Morgan fingerprint density at radius 1 is 1.21 bits per heavy atom. The zero-order valence-electron chi connectivity index (χ0n) is 16.1. The largest absolute Gasteiger partial charge is 0.383 e. The average Bonchev–Trinajstić information content (AvgIpc) is 3.37. The second-order valence-corrected chi connectivity index (χ2v) is 7.95. The average molecular weight is 404 g/mol. The van der Waals surface area contributed by atoms with E-state index in [4.69, 9.17) is 16.3 Å². The van der Waals surface area contributed by atoms with Crippen LogP contribution in [-0.4, -0.2) is 65.0 Å². The van der Waals surface area contributed by atoms with Gasteiger partial charge in [-0.25, -0.2) is 4.68 Å². The Bertz CT molecular complexity index is 818. The number of pyridine rings is 1. The first-order chi connectivity index (χ1) is 13.7. The van der Waals surface area contributed by atoms with Gasteiger partial charge in [-0.15, -0.1) is 0 Å². The number of anilines is 1. The van der Waals surface area contributed by atoms with Crippen LogP contribution in [-0.2, 0) is 9.53 Å². The summed E-state index contributed by atoms with van der Waals surface area (Å²) in [6.07, 6.45) is 10.9. The Labute approximate surface area is 170 Å². The van der Waals surface area contributed by atoms with Gasteiger partial charge in [0.2, 0.25) is 5.91 Å². The van der Waals surface area contributed by atoms with E-state index in [1.54, 1.807) is 30.4 Å². The van der Waals surface area contributed by atoms with Crippen molar-refractivity contribution in [1.82, 2.24) is 19.7 Å². The number of halogens is 1. The molecule has 1 amide bonds. The highest BCUT2D eigenvalue weighted by Crippen LogP contribution is 2.30. The number of carbonyl (C=O) groups excluding carboxylic acids is 1. The van der Waals surface area contributed by atoms with E-state index < -0.39 is 0 Å². The van der Waals surface area contributed by atoms with Gasteiger partial charge in [-0.1, -0.05) is 11.6 Å². The number of hydrogen-bond acceptors (Lipinski definition) is 5. The van der Waals surface area contributed by atoms with Crippen LogP contribution in [0.25, 0.3) is 5.69 Å². The molecule has 4 rings (SSSR count). The summed E-state index contributed by atoms with van der Waals surface area (Å²) in [7, 11) is 1.71. The molecule has 4 heterocycles. The van der Waals surface area contributed by atoms with Gasteiger partial charge in [0.15, 0.2) is 0 Å². The van der Waals surface area contributed by atoms with E-state index in [1.165, 1.54) is 0 Å². The molecule has 7 nitrogen and oxygen atoms in total. The van der Waals surface area contributed by atoms with Gasteiger partial charge in [0.1, 0.15) is 0 Å². The van der Waals surface area contributed by atoms with Crippen LogP contribution < -0.4 is 4.90 Å². The topological polar surface area (TPSA) is 63.5 Å². The Morgan fingerprint density at radius 3 is 2.75 bits per heavy atom. The first-order valence-electron chi connectivity index (χ1n) is 9.86. The maximum atomic E-state index is 13.0. The van der Waals surface area contributed by atoms with Crippen LogP contribution in [0.1, 0.15) is 25.7 Å². The van der Waals surface area contributed by atoms with E-state index in [9.17, 15) is 4.79 Å². The van der Waals surface area contributed by atoms with Gasteiger partial charge in [0, 0.05) is 45.1 Å². The van der Waals surface area contributed by atoms with E-state index in [0.29, 0.717) is 17.5 Å². The number of nitrogens with zero attached hydrogens (tertiary/aromatic N) is 5. The van der Waals surface area contributed by atoms with Gasteiger partial charge in [0.25, 0.3) is 0 Å². The van der Waals surface area contributed by atoms with Crippen molar-refractivity contribution in [2.75, 3.05) is 38.3 Å². The van der Waals surface area contributed by atoms with Crippen molar-refractivity contribution in [3.63, 3.8) is 0 Å². The van der Waals surface area contributed by atoms with Gasteiger partial charge < -0.3 is 14.5 Å². The van der Waals surface area contributed by atoms with Crippen molar-refractivity contribution in [2.24, 2.45) is 5.92 Å². The molecule has 2 aliphatic rings. The van der Waals surface area contributed by atoms with Crippen LogP contribution in [0.5, 0.6) is 0 Å². The Kier molecular flexibility index (Phi) is 5.82. The molecule has 2 aliphatic heterocycles. The predicted molar refractivity (Wildman–Crippen MR) is 108 cm³/mol. The molecule has 8 heteroatoms.